The second kappa shape index (κ2) is 39.7. The summed E-state index contributed by atoms with van der Waals surface area (Å²) in [6, 6.07) is 69.1. The molecule has 14 rings (SSSR count). The van der Waals surface area contributed by atoms with Crippen LogP contribution in [0.4, 0.5) is 4.79 Å². The van der Waals surface area contributed by atoms with Gasteiger partial charge in [0, 0.05) is 94.0 Å². The molecule has 97 heavy (non-hydrogen) atoms. The molecule has 10 nitrogen and oxygen atoms in total. The molecular formula is C84H123BrKN4O6P. The van der Waals surface area contributed by atoms with Gasteiger partial charge in [-0.1, -0.05) is 154 Å². The molecule has 528 valence electrons. The Balaban J connectivity index is 0.000000251. The van der Waals surface area contributed by atoms with Gasteiger partial charge >= 0.3 is 192 Å². The summed E-state index contributed by atoms with van der Waals surface area (Å²) in [5, 5.41) is 30.1. The number of halogens is 1. The van der Waals surface area contributed by atoms with E-state index in [1.807, 2.05) is 25.7 Å². The number of fused-ring (bicyclic) bond motifs is 8. The summed E-state index contributed by atoms with van der Waals surface area (Å²) in [6.07, 6.45) is 18.0. The molecule has 8 bridgehead atoms. The van der Waals surface area contributed by atoms with Crippen LogP contribution in [0.25, 0.3) is 0 Å². The number of Topliss-reactive ketones (excluding diaryl/α,β-unsaturated/α-hetero) is 1. The Bertz CT molecular complexity index is 2980. The largest absolute Gasteiger partial charge is 1.00 e. The number of ether oxygens (including phenoxy) is 1. The van der Waals surface area contributed by atoms with Gasteiger partial charge < -0.3 is 25.0 Å². The van der Waals surface area contributed by atoms with Gasteiger partial charge in [-0.2, -0.15) is 0 Å². The molecule has 8 heterocycles. The molecule has 6 aromatic rings. The second-order valence-electron chi connectivity index (χ2n) is 29.6. The predicted molar refractivity (Wildman–Crippen MR) is 410 cm³/mol. The summed E-state index contributed by atoms with van der Waals surface area (Å²) in [6.45, 7) is 21.0. The van der Waals surface area contributed by atoms with Gasteiger partial charge in [-0.3, -0.25) is 19.5 Å². The first-order valence-corrected chi connectivity index (χ1v) is 39.2. The van der Waals surface area contributed by atoms with E-state index in [-0.39, 0.29) is 106 Å². The number of hydrogen-bond acceptors (Lipinski definition) is 9. The fourth-order valence-electron chi connectivity index (χ4n) is 15.8. The first-order valence-electron chi connectivity index (χ1n) is 34.5. The minimum absolute atomic E-state index is 0. The van der Waals surface area contributed by atoms with Crippen molar-refractivity contribution in [2.75, 3.05) is 19.9 Å². The molecule has 0 spiro atoms. The minimum Gasteiger partial charge on any atom is -0.396 e. The number of amides is 1. The van der Waals surface area contributed by atoms with Crippen molar-refractivity contribution in [2.45, 2.75) is 253 Å². The van der Waals surface area contributed by atoms with Crippen LogP contribution >= 0.6 is 20.8 Å². The summed E-state index contributed by atoms with van der Waals surface area (Å²) in [4.78, 5) is 33.4. The Kier molecular flexibility index (Phi) is 35.0. The topological polar surface area (TPSA) is 120 Å². The number of aliphatic hydroxyl groups is 2. The first kappa shape index (κ1) is 85.7. The molecule has 1 amide bonds. The van der Waals surface area contributed by atoms with Crippen molar-refractivity contribution in [3.63, 3.8) is 0 Å². The molecule has 8 fully saturated rings. The number of rotatable bonds is 11. The number of carbonyl (C=O) groups is 2. The van der Waals surface area contributed by atoms with Crippen molar-refractivity contribution in [1.29, 1.82) is 0 Å². The number of aliphatic hydroxyl groups excluding tert-OH is 2. The van der Waals surface area contributed by atoms with Crippen LogP contribution in [0.2, 0.25) is 0 Å². The van der Waals surface area contributed by atoms with Gasteiger partial charge in [0.05, 0.1) is 0 Å². The van der Waals surface area contributed by atoms with Gasteiger partial charge in [0.25, 0.3) is 0 Å². The molecular weight excluding hydrogens is 1310 g/mol. The standard InChI is InChI=1S/C19H18BrP.C15H21NO.C15H19N.C14H17NO.C13H23NO3.C4H9O.4CH4.K/c1-21(20,17-11-5-2-6-12-17,18-13-7-3-8-14-18)19-15-9-4-10-16-19;17-11-13-8-14-6-7-15(9-13)16(14)10-12-4-2-1-3-5-12;1-12-9-14-7-8-15(10-12)16(14)11-13-5-3-2-4-6-13;16-14-8-12-6-7-13(9-14)15(12)10-11-4-2-1-3-5-11;1-13(2,3)17-12(16)14-10-4-5-11(14)7-9(6-10)8-15;1-4(2,3)5;;;;;/h2-16H,1H3;1-5,13-15,17H,6-11H2;2-6,14-15H,1,7-11H2;1-5,12-13H,6-10H2;9-11,15H,4-8H2,1-3H3;1-3H3;4*1H4;/q;;;;;-1;;;;;+1. The molecule has 8 saturated heterocycles. The average molecular weight is 1430 g/mol. The number of piperidine rings is 4. The third-order valence-electron chi connectivity index (χ3n) is 20.2. The molecule has 0 radical (unpaired) electrons. The SMILES string of the molecule is C.C.C.C.C=C1CC2CCC(C1)N2Cc1ccccc1.CC(C)(C)OC(=O)N1C2CCC1CC(CO)C2.CC(C)(C)[O-].CP(Br)(c1ccccc1)(c1ccccc1)c1ccccc1.O=C1CC2CCC(C1)N2Cc1ccccc1.OCC1CC2CCC(C1)N2Cc1ccccc1.[K+]. The Labute approximate surface area is 638 Å². The van der Waals surface area contributed by atoms with Crippen LogP contribution in [0.3, 0.4) is 0 Å². The normalized spacial score (nSPS) is 24.8. The van der Waals surface area contributed by atoms with E-state index in [1.165, 1.54) is 102 Å². The maximum Gasteiger partial charge on any atom is 1.00 e. The van der Waals surface area contributed by atoms with E-state index >= 15 is 0 Å². The van der Waals surface area contributed by atoms with E-state index < -0.39 is 16.5 Å². The number of nitrogens with zero attached hydrogens (tertiary/aromatic N) is 4. The molecule has 0 aromatic heterocycles. The van der Waals surface area contributed by atoms with Crippen LogP contribution in [0.1, 0.15) is 191 Å². The third kappa shape index (κ3) is 23.9. The van der Waals surface area contributed by atoms with Crippen LogP contribution in [0.15, 0.2) is 194 Å². The average Bonchev–Trinajstić information content (AvgIpc) is 1.16. The van der Waals surface area contributed by atoms with Gasteiger partial charge in [0.15, 0.2) is 0 Å². The fraction of sp³-hybridized carbons (Fsp3) is 0.524. The monoisotopic (exact) mass is 1430 g/mol. The Morgan fingerprint density at radius 2 is 0.722 bits per heavy atom. The molecule has 0 aliphatic carbocycles. The number of hydrogen-bond donors (Lipinski definition) is 2. The summed E-state index contributed by atoms with van der Waals surface area (Å²) in [7, 11) is 0. The van der Waals surface area contributed by atoms with Crippen LogP contribution in [-0.4, -0.2) is 121 Å². The number of benzene rings is 6. The predicted octanol–water partition coefficient (Wildman–Crippen LogP) is 14.5. The Hall–Kier alpha value is -3.69. The third-order valence-corrected chi connectivity index (χ3v) is 28.4. The van der Waals surface area contributed by atoms with E-state index in [9.17, 15) is 24.9 Å². The Morgan fingerprint density at radius 1 is 0.474 bits per heavy atom. The first-order chi connectivity index (χ1) is 44.0. The zero-order valence-corrected chi connectivity index (χ0v) is 62.9. The molecule has 2 N–H and O–H groups in total. The molecule has 8 aliphatic rings. The van der Waals surface area contributed by atoms with Gasteiger partial charge in [0.1, 0.15) is 11.4 Å². The van der Waals surface area contributed by atoms with Crippen molar-refractivity contribution in [1.82, 2.24) is 19.6 Å². The van der Waals surface area contributed by atoms with Gasteiger partial charge in [-0.05, 0) is 139 Å². The molecule has 6 aromatic carbocycles. The molecule has 8 aliphatic heterocycles. The van der Waals surface area contributed by atoms with Gasteiger partial charge in [-0.25, -0.2) is 4.79 Å². The van der Waals surface area contributed by atoms with Gasteiger partial charge in [-0.15, -0.1) is 5.60 Å². The van der Waals surface area contributed by atoms with E-state index in [0.717, 1.165) is 70.2 Å². The van der Waals surface area contributed by atoms with Crippen molar-refractivity contribution < 1.29 is 81.0 Å². The van der Waals surface area contributed by atoms with E-state index in [0.29, 0.717) is 48.4 Å². The smallest absolute Gasteiger partial charge is 0.396 e. The number of ketones is 1. The van der Waals surface area contributed by atoms with Crippen LogP contribution < -0.4 is 72.4 Å². The van der Waals surface area contributed by atoms with E-state index in [4.69, 9.17) is 4.74 Å². The van der Waals surface area contributed by atoms with Crippen molar-refractivity contribution in [3.05, 3.63) is 211 Å². The zero-order valence-electron chi connectivity index (χ0n) is 57.3. The summed E-state index contributed by atoms with van der Waals surface area (Å²) in [5.41, 5.74) is 4.54. The second-order valence-corrected chi connectivity index (χ2v) is 39.3. The van der Waals surface area contributed by atoms with Crippen molar-refractivity contribution >= 4 is 48.6 Å². The van der Waals surface area contributed by atoms with Crippen molar-refractivity contribution in [3.8, 4) is 0 Å². The van der Waals surface area contributed by atoms with Crippen LogP contribution in [0.5, 0.6) is 0 Å². The summed E-state index contributed by atoms with van der Waals surface area (Å²) in [5.74, 6) is 1.39. The molecule has 8 unspecified atom stereocenters. The van der Waals surface area contributed by atoms with Crippen molar-refractivity contribution in [2.24, 2.45) is 11.8 Å². The number of carbonyl (C=O) groups excluding carboxylic acids is 2. The summed E-state index contributed by atoms with van der Waals surface area (Å²) >= 11 is 4.24. The Morgan fingerprint density at radius 3 is 1.01 bits per heavy atom. The fourth-order valence-corrected chi connectivity index (χ4v) is 21.5. The minimum atomic E-state index is -2.56. The van der Waals surface area contributed by atoms with Crippen LogP contribution in [0, 0.1) is 11.8 Å². The maximum atomic E-state index is 12.1. The summed E-state index contributed by atoms with van der Waals surface area (Å²) < 4.78 is 5.45. The maximum absolute atomic E-state index is 12.1. The quantitative estimate of drug-likeness (QED) is 0.0742. The van der Waals surface area contributed by atoms with E-state index in [2.05, 4.69) is 225 Å². The van der Waals surface area contributed by atoms with Gasteiger partial charge in [0.2, 0.25) is 0 Å². The van der Waals surface area contributed by atoms with E-state index in [1.54, 1.807) is 20.8 Å². The van der Waals surface area contributed by atoms with Crippen LogP contribution in [-0.2, 0) is 29.2 Å². The molecule has 0 saturated carbocycles. The molecule has 13 heteroatoms. The molecule has 8 atom stereocenters. The zero-order chi connectivity index (χ0) is 65.5.